The van der Waals surface area contributed by atoms with Crippen molar-refractivity contribution >= 4 is 5.82 Å². The Kier molecular flexibility index (Phi) is 5.00. The van der Waals surface area contributed by atoms with E-state index in [0.29, 0.717) is 0 Å². The fourth-order valence-electron chi connectivity index (χ4n) is 2.70. The molecular formula is C15H25N3. The minimum absolute atomic E-state index is 0.841. The first-order chi connectivity index (χ1) is 8.85. The van der Waals surface area contributed by atoms with Gasteiger partial charge in [0.15, 0.2) is 0 Å². The third-order valence-electron chi connectivity index (χ3n) is 3.83. The second-order valence-electron chi connectivity index (χ2n) is 5.13. The summed E-state index contributed by atoms with van der Waals surface area (Å²) in [6.45, 7) is 8.70. The number of piperidine rings is 1. The summed E-state index contributed by atoms with van der Waals surface area (Å²) < 4.78 is 0. The second-order valence-corrected chi connectivity index (χ2v) is 5.13. The van der Waals surface area contributed by atoms with Crippen molar-refractivity contribution in [2.45, 2.75) is 39.7 Å². The van der Waals surface area contributed by atoms with E-state index in [2.05, 4.69) is 35.1 Å². The monoisotopic (exact) mass is 247 g/mol. The van der Waals surface area contributed by atoms with E-state index in [4.69, 9.17) is 0 Å². The van der Waals surface area contributed by atoms with Crippen molar-refractivity contribution in [1.29, 1.82) is 0 Å². The van der Waals surface area contributed by atoms with Gasteiger partial charge in [-0.15, -0.1) is 0 Å². The van der Waals surface area contributed by atoms with Crippen LogP contribution in [0.2, 0.25) is 0 Å². The molecule has 1 aliphatic heterocycles. The molecule has 1 N–H and O–H groups in total. The van der Waals surface area contributed by atoms with Gasteiger partial charge in [-0.05, 0) is 31.4 Å². The van der Waals surface area contributed by atoms with Crippen LogP contribution >= 0.6 is 0 Å². The normalized spacial score (nSPS) is 20.1. The Balaban J connectivity index is 2.11. The number of rotatable bonds is 5. The van der Waals surface area contributed by atoms with Crippen LogP contribution in [-0.2, 0) is 6.54 Å². The second kappa shape index (κ2) is 6.74. The van der Waals surface area contributed by atoms with Crippen LogP contribution in [0.4, 0.5) is 5.82 Å². The van der Waals surface area contributed by atoms with Gasteiger partial charge in [-0.25, -0.2) is 4.98 Å². The largest absolute Gasteiger partial charge is 0.356 e. The van der Waals surface area contributed by atoms with E-state index < -0.39 is 0 Å². The Labute approximate surface area is 111 Å². The maximum Gasteiger partial charge on any atom is 0.133 e. The highest BCUT2D eigenvalue weighted by Crippen LogP contribution is 2.25. The zero-order chi connectivity index (χ0) is 12.8. The van der Waals surface area contributed by atoms with Crippen LogP contribution in [0, 0.1) is 5.92 Å². The summed E-state index contributed by atoms with van der Waals surface area (Å²) in [5.41, 5.74) is 1.33. The molecule has 1 unspecified atom stereocenters. The third kappa shape index (κ3) is 3.22. The van der Waals surface area contributed by atoms with Gasteiger partial charge in [0.2, 0.25) is 0 Å². The molecule has 1 saturated heterocycles. The van der Waals surface area contributed by atoms with Crippen molar-refractivity contribution in [3.63, 3.8) is 0 Å². The van der Waals surface area contributed by atoms with Crippen molar-refractivity contribution < 1.29 is 0 Å². The molecule has 1 aliphatic rings. The molecule has 1 atom stereocenters. The lowest BCUT2D eigenvalue weighted by atomic mass is 9.95. The van der Waals surface area contributed by atoms with Crippen LogP contribution in [0.1, 0.15) is 38.7 Å². The van der Waals surface area contributed by atoms with Crippen molar-refractivity contribution in [2.75, 3.05) is 24.5 Å². The average Bonchev–Trinajstić information content (AvgIpc) is 2.45. The molecule has 0 radical (unpaired) electrons. The Morgan fingerprint density at radius 1 is 1.44 bits per heavy atom. The highest BCUT2D eigenvalue weighted by molar-refractivity contribution is 5.47. The predicted octanol–water partition coefficient (Wildman–Crippen LogP) is 2.82. The number of nitrogens with one attached hydrogen (secondary N) is 1. The lowest BCUT2D eigenvalue weighted by molar-refractivity contribution is 0.402. The molecule has 0 aromatic carbocycles. The van der Waals surface area contributed by atoms with Crippen LogP contribution in [0.5, 0.6) is 0 Å². The van der Waals surface area contributed by atoms with Crippen molar-refractivity contribution in [3.05, 3.63) is 23.9 Å². The third-order valence-corrected chi connectivity index (χ3v) is 3.83. The lowest BCUT2D eigenvalue weighted by Crippen LogP contribution is -2.36. The Hall–Kier alpha value is -1.09. The molecular weight excluding hydrogens is 222 g/mol. The Morgan fingerprint density at radius 3 is 3.11 bits per heavy atom. The minimum Gasteiger partial charge on any atom is -0.356 e. The van der Waals surface area contributed by atoms with Gasteiger partial charge in [-0.1, -0.05) is 26.3 Å². The molecule has 100 valence electrons. The number of nitrogens with zero attached hydrogens (tertiary/aromatic N) is 2. The first-order valence-corrected chi connectivity index (χ1v) is 7.24. The molecule has 18 heavy (non-hydrogen) atoms. The van der Waals surface area contributed by atoms with Gasteiger partial charge >= 0.3 is 0 Å². The highest BCUT2D eigenvalue weighted by Gasteiger charge is 2.21. The maximum atomic E-state index is 4.61. The number of pyridine rings is 1. The van der Waals surface area contributed by atoms with Crippen LogP contribution in [0.15, 0.2) is 18.3 Å². The number of hydrogen-bond acceptors (Lipinski definition) is 3. The zero-order valence-electron chi connectivity index (χ0n) is 11.7. The maximum absolute atomic E-state index is 4.61. The Bertz CT molecular complexity index is 365. The predicted molar refractivity (Wildman–Crippen MR) is 76.8 cm³/mol. The highest BCUT2D eigenvalue weighted by atomic mass is 15.2. The molecule has 1 fully saturated rings. The summed E-state index contributed by atoms with van der Waals surface area (Å²) in [5.74, 6) is 2.03. The van der Waals surface area contributed by atoms with Crippen LogP contribution in [0.3, 0.4) is 0 Å². The van der Waals surface area contributed by atoms with Crippen molar-refractivity contribution in [2.24, 2.45) is 5.92 Å². The SMILES string of the molecule is CCNCc1cccnc1N1CCCC(CC)C1. The lowest BCUT2D eigenvalue weighted by Gasteiger charge is -2.34. The average molecular weight is 247 g/mol. The summed E-state index contributed by atoms with van der Waals surface area (Å²) in [5, 5.41) is 3.40. The minimum atomic E-state index is 0.841. The fourth-order valence-corrected chi connectivity index (χ4v) is 2.70. The first kappa shape index (κ1) is 13.3. The van der Waals surface area contributed by atoms with Crippen molar-refractivity contribution in [3.8, 4) is 0 Å². The van der Waals surface area contributed by atoms with Crippen LogP contribution in [-0.4, -0.2) is 24.6 Å². The molecule has 1 aromatic rings. The van der Waals surface area contributed by atoms with Gasteiger partial charge in [0.05, 0.1) is 0 Å². The fraction of sp³-hybridized carbons (Fsp3) is 0.667. The van der Waals surface area contributed by atoms with Gasteiger partial charge in [0, 0.05) is 31.4 Å². The quantitative estimate of drug-likeness (QED) is 0.867. The summed E-state index contributed by atoms with van der Waals surface area (Å²) in [4.78, 5) is 7.09. The van der Waals surface area contributed by atoms with Gasteiger partial charge in [0.1, 0.15) is 5.82 Å². The molecule has 0 amide bonds. The van der Waals surface area contributed by atoms with E-state index in [9.17, 15) is 0 Å². The molecule has 0 bridgehead atoms. The molecule has 3 nitrogen and oxygen atoms in total. The Morgan fingerprint density at radius 2 is 2.33 bits per heavy atom. The molecule has 0 saturated carbocycles. The van der Waals surface area contributed by atoms with Gasteiger partial charge in [-0.3, -0.25) is 0 Å². The summed E-state index contributed by atoms with van der Waals surface area (Å²) in [6.07, 6.45) is 5.88. The molecule has 2 heterocycles. The molecule has 2 rings (SSSR count). The van der Waals surface area contributed by atoms with Gasteiger partial charge in [-0.2, -0.15) is 0 Å². The van der Waals surface area contributed by atoms with Crippen LogP contribution in [0.25, 0.3) is 0 Å². The molecule has 3 heteroatoms. The standard InChI is InChI=1S/C15H25N3/c1-3-13-7-6-10-18(12-13)15-14(11-16-4-2)8-5-9-17-15/h5,8-9,13,16H,3-4,6-7,10-12H2,1-2H3. The molecule has 0 aliphatic carbocycles. The first-order valence-electron chi connectivity index (χ1n) is 7.24. The van der Waals surface area contributed by atoms with Crippen molar-refractivity contribution in [1.82, 2.24) is 10.3 Å². The topological polar surface area (TPSA) is 28.2 Å². The van der Waals surface area contributed by atoms with E-state index in [1.54, 1.807) is 0 Å². The van der Waals surface area contributed by atoms with Gasteiger partial charge < -0.3 is 10.2 Å². The van der Waals surface area contributed by atoms with E-state index >= 15 is 0 Å². The van der Waals surface area contributed by atoms with Crippen LogP contribution < -0.4 is 10.2 Å². The van der Waals surface area contributed by atoms with Gasteiger partial charge in [0.25, 0.3) is 0 Å². The molecule has 1 aromatic heterocycles. The summed E-state index contributed by atoms with van der Waals surface area (Å²) in [7, 11) is 0. The smallest absolute Gasteiger partial charge is 0.133 e. The molecule has 0 spiro atoms. The zero-order valence-corrected chi connectivity index (χ0v) is 11.7. The number of hydrogen-bond donors (Lipinski definition) is 1. The van der Waals surface area contributed by atoms with E-state index in [0.717, 1.165) is 25.6 Å². The summed E-state index contributed by atoms with van der Waals surface area (Å²) >= 11 is 0. The van der Waals surface area contributed by atoms with E-state index in [-0.39, 0.29) is 0 Å². The number of anilines is 1. The van der Waals surface area contributed by atoms with E-state index in [1.165, 1.54) is 37.2 Å². The summed E-state index contributed by atoms with van der Waals surface area (Å²) in [6, 6.07) is 4.23. The number of aromatic nitrogens is 1. The van der Waals surface area contributed by atoms with E-state index in [1.807, 2.05) is 12.3 Å².